The number of hydrogen-bond acceptors (Lipinski definition) is 5. The summed E-state index contributed by atoms with van der Waals surface area (Å²) in [6.07, 6.45) is 4.19. The predicted octanol–water partition coefficient (Wildman–Crippen LogP) is 3.20. The molecule has 2 fully saturated rings. The van der Waals surface area contributed by atoms with Crippen molar-refractivity contribution >= 4 is 35.1 Å². The van der Waals surface area contributed by atoms with Gasteiger partial charge in [-0.15, -0.1) is 0 Å². The molecule has 2 atom stereocenters. The highest BCUT2D eigenvalue weighted by Gasteiger charge is 2.63. The molecule has 3 heterocycles. The number of amides is 5. The highest BCUT2D eigenvalue weighted by Crippen LogP contribution is 2.48. The molecular weight excluding hydrogens is 408 g/mol. The van der Waals surface area contributed by atoms with Gasteiger partial charge in [-0.2, -0.15) is 0 Å². The third kappa shape index (κ3) is 3.45. The van der Waals surface area contributed by atoms with Gasteiger partial charge in [0.05, 0.1) is 6.04 Å². The molecule has 0 aliphatic carbocycles. The number of benzene rings is 1. The lowest BCUT2D eigenvalue weighted by Crippen LogP contribution is -2.74. The summed E-state index contributed by atoms with van der Waals surface area (Å²) < 4.78 is 0. The van der Waals surface area contributed by atoms with Crippen molar-refractivity contribution < 1.29 is 19.2 Å². The molecule has 4 rings (SSSR count). The molecule has 0 radical (unpaired) electrons. The van der Waals surface area contributed by atoms with Crippen LogP contribution in [-0.2, 0) is 20.8 Å². The van der Waals surface area contributed by atoms with Crippen molar-refractivity contribution in [1.29, 1.82) is 0 Å². The SMILES string of the molecule is CCC(=O)Nc1ccc2c(c1)C[C@@]1(C(=O)NC(=O)N(C(C)(C)C)C1=O)[C@@H]1CCCCCN21. The number of carbonyl (C=O) groups is 4. The lowest BCUT2D eigenvalue weighted by molar-refractivity contribution is -0.157. The zero-order valence-corrected chi connectivity index (χ0v) is 19.3. The van der Waals surface area contributed by atoms with Crippen LogP contribution in [0.2, 0.25) is 0 Å². The number of rotatable bonds is 2. The summed E-state index contributed by atoms with van der Waals surface area (Å²) in [7, 11) is 0. The Balaban J connectivity index is 1.86. The van der Waals surface area contributed by atoms with Crippen LogP contribution in [0.25, 0.3) is 0 Å². The molecule has 3 aliphatic heterocycles. The van der Waals surface area contributed by atoms with Gasteiger partial charge >= 0.3 is 6.03 Å². The highest BCUT2D eigenvalue weighted by molar-refractivity contribution is 6.20. The van der Waals surface area contributed by atoms with E-state index < -0.39 is 28.8 Å². The molecule has 3 aliphatic rings. The molecule has 32 heavy (non-hydrogen) atoms. The number of anilines is 2. The molecule has 172 valence electrons. The maximum Gasteiger partial charge on any atom is 0.331 e. The lowest BCUT2D eigenvalue weighted by Gasteiger charge is -2.53. The molecule has 2 N–H and O–H groups in total. The van der Waals surface area contributed by atoms with Crippen LogP contribution in [0.3, 0.4) is 0 Å². The second-order valence-corrected chi connectivity index (χ2v) is 10.0. The summed E-state index contributed by atoms with van der Waals surface area (Å²) in [5, 5.41) is 5.37. The fourth-order valence-electron chi connectivity index (χ4n) is 5.37. The number of urea groups is 1. The van der Waals surface area contributed by atoms with Gasteiger partial charge in [-0.05, 0) is 63.8 Å². The topological polar surface area (TPSA) is 98.8 Å². The van der Waals surface area contributed by atoms with Crippen LogP contribution in [0, 0.1) is 5.41 Å². The van der Waals surface area contributed by atoms with Gasteiger partial charge < -0.3 is 10.2 Å². The third-order valence-electron chi connectivity index (χ3n) is 6.87. The molecule has 5 amide bonds. The van der Waals surface area contributed by atoms with E-state index in [1.165, 1.54) is 4.90 Å². The summed E-state index contributed by atoms with van der Waals surface area (Å²) in [5.41, 5.74) is 0.333. The molecule has 1 spiro atoms. The standard InChI is InChI=1S/C24H32N4O4/c1-5-19(29)25-16-10-11-17-15(13-16)14-24(18-9-7-6-8-12-27(17)18)20(30)26-22(32)28(21(24)31)23(2,3)4/h10-11,13,18H,5-9,12,14H2,1-4H3,(H,25,29)(H,26,30,32)/t18-,24-/m0/s1. The number of fused-ring (bicyclic) bond motifs is 4. The lowest BCUT2D eigenvalue weighted by atomic mass is 9.67. The van der Waals surface area contributed by atoms with Crippen molar-refractivity contribution in [2.75, 3.05) is 16.8 Å². The van der Waals surface area contributed by atoms with E-state index in [0.29, 0.717) is 18.5 Å². The van der Waals surface area contributed by atoms with E-state index >= 15 is 0 Å². The Hall–Kier alpha value is -2.90. The largest absolute Gasteiger partial charge is 0.367 e. The number of nitrogens with one attached hydrogen (secondary N) is 2. The molecule has 0 saturated carbocycles. The summed E-state index contributed by atoms with van der Waals surface area (Å²) in [6.45, 7) is 7.92. The maximum absolute atomic E-state index is 14.0. The summed E-state index contributed by atoms with van der Waals surface area (Å²) in [4.78, 5) is 55.5. The van der Waals surface area contributed by atoms with Crippen LogP contribution < -0.4 is 15.5 Å². The second-order valence-electron chi connectivity index (χ2n) is 10.0. The molecule has 0 unspecified atom stereocenters. The van der Waals surface area contributed by atoms with Crippen LogP contribution in [-0.4, -0.2) is 46.8 Å². The Bertz CT molecular complexity index is 983. The van der Waals surface area contributed by atoms with Crippen molar-refractivity contribution in [3.63, 3.8) is 0 Å². The monoisotopic (exact) mass is 440 g/mol. The fourth-order valence-corrected chi connectivity index (χ4v) is 5.37. The zero-order chi connectivity index (χ0) is 23.3. The highest BCUT2D eigenvalue weighted by atomic mass is 16.2. The van der Waals surface area contributed by atoms with Crippen LogP contribution in [0.15, 0.2) is 18.2 Å². The second kappa shape index (κ2) is 7.90. The van der Waals surface area contributed by atoms with Crippen LogP contribution in [0.5, 0.6) is 0 Å². The third-order valence-corrected chi connectivity index (χ3v) is 6.87. The van der Waals surface area contributed by atoms with Crippen molar-refractivity contribution in [3.8, 4) is 0 Å². The average molecular weight is 441 g/mol. The summed E-state index contributed by atoms with van der Waals surface area (Å²) in [5.74, 6) is -1.04. The van der Waals surface area contributed by atoms with Gasteiger partial charge in [0.25, 0.3) is 0 Å². The molecule has 8 nitrogen and oxygen atoms in total. The zero-order valence-electron chi connectivity index (χ0n) is 19.3. The Kier molecular flexibility index (Phi) is 5.51. The first-order chi connectivity index (χ1) is 15.1. The van der Waals surface area contributed by atoms with E-state index in [2.05, 4.69) is 15.5 Å². The Morgan fingerprint density at radius 3 is 2.62 bits per heavy atom. The molecule has 2 saturated heterocycles. The summed E-state index contributed by atoms with van der Waals surface area (Å²) in [6, 6.07) is 4.74. The predicted molar refractivity (Wildman–Crippen MR) is 121 cm³/mol. The van der Waals surface area contributed by atoms with Gasteiger partial charge in [0, 0.05) is 29.9 Å². The molecule has 1 aromatic rings. The molecule has 0 bridgehead atoms. The minimum atomic E-state index is -1.38. The Morgan fingerprint density at radius 2 is 1.94 bits per heavy atom. The smallest absolute Gasteiger partial charge is 0.331 e. The van der Waals surface area contributed by atoms with E-state index in [1.54, 1.807) is 27.7 Å². The van der Waals surface area contributed by atoms with E-state index in [9.17, 15) is 19.2 Å². The molecule has 1 aromatic carbocycles. The number of barbiturate groups is 1. The van der Waals surface area contributed by atoms with Gasteiger partial charge in [-0.3, -0.25) is 24.6 Å². The van der Waals surface area contributed by atoms with E-state index in [1.807, 2.05) is 18.2 Å². The minimum absolute atomic E-state index is 0.0980. The maximum atomic E-state index is 14.0. The van der Waals surface area contributed by atoms with Crippen molar-refractivity contribution in [2.24, 2.45) is 5.41 Å². The van der Waals surface area contributed by atoms with Gasteiger partial charge in [0.1, 0.15) is 0 Å². The van der Waals surface area contributed by atoms with Gasteiger partial charge in [-0.25, -0.2) is 4.79 Å². The average Bonchev–Trinajstić information content (AvgIpc) is 2.97. The number of hydrogen-bond donors (Lipinski definition) is 2. The van der Waals surface area contributed by atoms with Crippen LogP contribution in [0.1, 0.15) is 65.4 Å². The Labute approximate surface area is 188 Å². The first-order valence-corrected chi connectivity index (χ1v) is 11.5. The van der Waals surface area contributed by atoms with Crippen molar-refractivity contribution in [2.45, 2.75) is 77.8 Å². The number of imide groups is 2. The van der Waals surface area contributed by atoms with Crippen LogP contribution in [0.4, 0.5) is 16.2 Å². The van der Waals surface area contributed by atoms with Gasteiger partial charge in [0.15, 0.2) is 5.41 Å². The summed E-state index contributed by atoms with van der Waals surface area (Å²) >= 11 is 0. The van der Waals surface area contributed by atoms with E-state index in [-0.39, 0.29) is 18.4 Å². The molecule has 0 aromatic heterocycles. The van der Waals surface area contributed by atoms with Crippen molar-refractivity contribution in [3.05, 3.63) is 23.8 Å². The normalized spacial score (nSPS) is 25.8. The van der Waals surface area contributed by atoms with Crippen LogP contribution >= 0.6 is 0 Å². The minimum Gasteiger partial charge on any atom is -0.367 e. The van der Waals surface area contributed by atoms with Crippen molar-refractivity contribution in [1.82, 2.24) is 10.2 Å². The Morgan fingerprint density at radius 1 is 1.19 bits per heavy atom. The fraction of sp³-hybridized carbons (Fsp3) is 0.583. The van der Waals surface area contributed by atoms with E-state index in [4.69, 9.17) is 0 Å². The number of carbonyl (C=O) groups excluding carboxylic acids is 4. The van der Waals surface area contributed by atoms with E-state index in [0.717, 1.165) is 37.1 Å². The first kappa shape index (κ1) is 22.3. The first-order valence-electron chi connectivity index (χ1n) is 11.5. The molecule has 8 heteroatoms. The van der Waals surface area contributed by atoms with Gasteiger partial charge in [-0.1, -0.05) is 19.8 Å². The quantitative estimate of drug-likeness (QED) is 0.688. The van der Waals surface area contributed by atoms with Gasteiger partial charge in [0.2, 0.25) is 17.7 Å². The number of nitrogens with zero attached hydrogens (tertiary/aromatic N) is 2. The molecular formula is C24H32N4O4.